The van der Waals surface area contributed by atoms with E-state index < -0.39 is 0 Å². The first-order valence-electron chi connectivity index (χ1n) is 6.40. The number of halogens is 2. The number of para-hydroxylation sites is 1. The van der Waals surface area contributed by atoms with Crippen molar-refractivity contribution in [3.63, 3.8) is 0 Å². The van der Waals surface area contributed by atoms with Crippen molar-refractivity contribution < 1.29 is 0 Å². The molecular formula is C15H14BrClN2S. The van der Waals surface area contributed by atoms with Gasteiger partial charge in [-0.3, -0.25) is 0 Å². The minimum absolute atomic E-state index is 0.106. The maximum absolute atomic E-state index is 6.31. The minimum Gasteiger partial charge on any atom is -0.321 e. The van der Waals surface area contributed by atoms with E-state index in [4.69, 9.17) is 16.6 Å². The van der Waals surface area contributed by atoms with Crippen LogP contribution >= 0.6 is 38.9 Å². The van der Waals surface area contributed by atoms with Crippen molar-refractivity contribution in [2.24, 2.45) is 0 Å². The predicted molar refractivity (Wildman–Crippen MR) is 89.9 cm³/mol. The average Bonchev–Trinajstić information content (AvgIpc) is 2.95. The summed E-state index contributed by atoms with van der Waals surface area (Å²) in [7, 11) is 0. The molecule has 0 saturated carbocycles. The zero-order chi connectivity index (χ0) is 14.3. The Bertz CT molecular complexity index is 760. The van der Waals surface area contributed by atoms with E-state index in [0.717, 1.165) is 21.7 Å². The summed E-state index contributed by atoms with van der Waals surface area (Å²) >= 11 is 11.6. The van der Waals surface area contributed by atoms with E-state index in [2.05, 4.69) is 45.6 Å². The van der Waals surface area contributed by atoms with Crippen molar-refractivity contribution in [1.29, 1.82) is 0 Å². The van der Waals surface area contributed by atoms with Gasteiger partial charge in [0.2, 0.25) is 0 Å². The summed E-state index contributed by atoms with van der Waals surface area (Å²) in [4.78, 5) is 5.99. The zero-order valence-electron chi connectivity index (χ0n) is 11.2. The second-order valence-electron chi connectivity index (χ2n) is 4.82. The molecule has 1 unspecified atom stereocenters. The normalized spacial score (nSPS) is 13.0. The molecule has 5 heteroatoms. The summed E-state index contributed by atoms with van der Waals surface area (Å²) in [6.45, 7) is 4.90. The topological polar surface area (TPSA) is 17.8 Å². The van der Waals surface area contributed by atoms with Crippen molar-refractivity contribution in [3.05, 3.63) is 50.4 Å². The molecule has 3 rings (SSSR count). The second kappa shape index (κ2) is 5.51. The summed E-state index contributed by atoms with van der Waals surface area (Å²) in [5.41, 5.74) is 3.43. The van der Waals surface area contributed by atoms with E-state index in [1.165, 1.54) is 16.0 Å². The average molecular weight is 370 g/mol. The third kappa shape index (κ3) is 2.52. The van der Waals surface area contributed by atoms with Gasteiger partial charge < -0.3 is 4.57 Å². The molecule has 2 nitrogen and oxygen atoms in total. The molecule has 0 saturated heterocycles. The molecule has 0 spiro atoms. The van der Waals surface area contributed by atoms with Gasteiger partial charge in [-0.15, -0.1) is 22.9 Å². The Morgan fingerprint density at radius 1 is 1.35 bits per heavy atom. The summed E-state index contributed by atoms with van der Waals surface area (Å²) in [6.07, 6.45) is 0. The Morgan fingerprint density at radius 3 is 2.80 bits per heavy atom. The number of hydrogen-bond donors (Lipinski definition) is 0. The highest BCUT2D eigenvalue weighted by Gasteiger charge is 2.16. The highest BCUT2D eigenvalue weighted by atomic mass is 79.9. The first kappa shape index (κ1) is 14.1. The van der Waals surface area contributed by atoms with Crippen LogP contribution in [0, 0.1) is 6.92 Å². The highest BCUT2D eigenvalue weighted by molar-refractivity contribution is 9.11. The van der Waals surface area contributed by atoms with Crippen molar-refractivity contribution in [2.75, 3.05) is 0 Å². The summed E-state index contributed by atoms with van der Waals surface area (Å²) < 4.78 is 3.38. The molecule has 0 radical (unpaired) electrons. The third-order valence-corrected chi connectivity index (χ3v) is 5.10. The molecule has 2 heterocycles. The van der Waals surface area contributed by atoms with Crippen LogP contribution in [0.3, 0.4) is 0 Å². The smallest absolute Gasteiger partial charge is 0.128 e. The fourth-order valence-corrected chi connectivity index (χ4v) is 4.08. The number of thiophene rings is 1. The Hall–Kier alpha value is -0.840. The SMILES string of the molecule is Cc1cccc2nc(C(C)Cl)n(Cc3ccc(Br)s3)c12. The Balaban J connectivity index is 2.18. The summed E-state index contributed by atoms with van der Waals surface area (Å²) in [5, 5.41) is -0.106. The van der Waals surface area contributed by atoms with Crippen LogP contribution in [0.1, 0.15) is 28.6 Å². The number of aryl methyl sites for hydroxylation is 1. The number of aromatic nitrogens is 2. The van der Waals surface area contributed by atoms with E-state index in [9.17, 15) is 0 Å². The number of benzene rings is 1. The van der Waals surface area contributed by atoms with E-state index in [0.29, 0.717) is 0 Å². The molecule has 0 N–H and O–H groups in total. The number of alkyl halides is 1. The zero-order valence-corrected chi connectivity index (χ0v) is 14.4. The molecule has 0 aliphatic carbocycles. The van der Waals surface area contributed by atoms with Crippen LogP contribution in [0.4, 0.5) is 0 Å². The van der Waals surface area contributed by atoms with Crippen LogP contribution in [0.15, 0.2) is 34.1 Å². The first-order chi connectivity index (χ1) is 9.56. The van der Waals surface area contributed by atoms with Gasteiger partial charge >= 0.3 is 0 Å². The molecule has 0 bridgehead atoms. The quantitative estimate of drug-likeness (QED) is 0.556. The van der Waals surface area contributed by atoms with Crippen molar-refractivity contribution in [1.82, 2.24) is 9.55 Å². The Kier molecular flexibility index (Phi) is 3.89. The van der Waals surface area contributed by atoms with Gasteiger partial charge in [-0.25, -0.2) is 4.98 Å². The van der Waals surface area contributed by atoms with Gasteiger partial charge in [-0.2, -0.15) is 0 Å². The van der Waals surface area contributed by atoms with E-state index in [-0.39, 0.29) is 5.38 Å². The van der Waals surface area contributed by atoms with E-state index >= 15 is 0 Å². The van der Waals surface area contributed by atoms with Crippen LogP contribution in [-0.2, 0) is 6.54 Å². The van der Waals surface area contributed by atoms with Crippen molar-refractivity contribution in [2.45, 2.75) is 25.8 Å². The minimum atomic E-state index is -0.106. The molecule has 3 aromatic rings. The molecule has 2 aromatic heterocycles. The first-order valence-corrected chi connectivity index (χ1v) is 8.45. The van der Waals surface area contributed by atoms with Crippen molar-refractivity contribution in [3.8, 4) is 0 Å². The number of nitrogens with zero attached hydrogens (tertiary/aromatic N) is 2. The number of imidazole rings is 1. The lowest BCUT2D eigenvalue weighted by Crippen LogP contribution is -2.05. The van der Waals surface area contributed by atoms with Gasteiger partial charge in [0, 0.05) is 4.88 Å². The molecule has 0 fully saturated rings. The van der Waals surface area contributed by atoms with E-state index in [1.807, 2.05) is 19.1 Å². The van der Waals surface area contributed by atoms with Crippen molar-refractivity contribution >= 4 is 49.9 Å². The van der Waals surface area contributed by atoms with E-state index in [1.54, 1.807) is 11.3 Å². The van der Waals surface area contributed by atoms with Gasteiger partial charge in [-0.05, 0) is 53.5 Å². The second-order valence-corrected chi connectivity index (χ2v) is 8.02. The van der Waals surface area contributed by atoms with Crippen LogP contribution in [-0.4, -0.2) is 9.55 Å². The van der Waals surface area contributed by atoms with Gasteiger partial charge in [0.15, 0.2) is 0 Å². The van der Waals surface area contributed by atoms with Crippen LogP contribution in [0.5, 0.6) is 0 Å². The number of hydrogen-bond acceptors (Lipinski definition) is 2. The Morgan fingerprint density at radius 2 is 2.15 bits per heavy atom. The molecule has 20 heavy (non-hydrogen) atoms. The standard InChI is InChI=1S/C15H14BrClN2S/c1-9-4-3-5-12-14(9)19(15(18-12)10(2)17)8-11-6-7-13(16)20-11/h3-7,10H,8H2,1-2H3. The maximum Gasteiger partial charge on any atom is 0.128 e. The van der Waals surface area contributed by atoms with Crippen LogP contribution < -0.4 is 0 Å². The number of fused-ring (bicyclic) bond motifs is 1. The molecule has 0 aliphatic heterocycles. The largest absolute Gasteiger partial charge is 0.321 e. The predicted octanol–water partition coefficient (Wildman–Crippen LogP) is 5.52. The van der Waals surface area contributed by atoms with Gasteiger partial charge in [0.1, 0.15) is 5.82 Å². The maximum atomic E-state index is 6.31. The highest BCUT2D eigenvalue weighted by Crippen LogP contribution is 2.29. The lowest BCUT2D eigenvalue weighted by atomic mass is 10.2. The molecule has 0 aliphatic rings. The monoisotopic (exact) mass is 368 g/mol. The molecule has 104 valence electrons. The number of rotatable bonds is 3. The molecule has 1 aromatic carbocycles. The summed E-state index contributed by atoms with van der Waals surface area (Å²) in [5.74, 6) is 0.931. The molecule has 0 amide bonds. The Labute approximate surface area is 135 Å². The fraction of sp³-hybridized carbons (Fsp3) is 0.267. The van der Waals surface area contributed by atoms with Crippen LogP contribution in [0.2, 0.25) is 0 Å². The lowest BCUT2D eigenvalue weighted by Gasteiger charge is -2.10. The van der Waals surface area contributed by atoms with Gasteiger partial charge in [-0.1, -0.05) is 12.1 Å². The van der Waals surface area contributed by atoms with Crippen LogP contribution in [0.25, 0.3) is 11.0 Å². The third-order valence-electron chi connectivity index (χ3n) is 3.30. The molecule has 1 atom stereocenters. The van der Waals surface area contributed by atoms with Gasteiger partial charge in [0.25, 0.3) is 0 Å². The van der Waals surface area contributed by atoms with Gasteiger partial charge in [0.05, 0.1) is 26.7 Å². The molecular weight excluding hydrogens is 356 g/mol. The lowest BCUT2D eigenvalue weighted by molar-refractivity contribution is 0.749. The summed E-state index contributed by atoms with van der Waals surface area (Å²) in [6, 6.07) is 10.4. The fourth-order valence-electron chi connectivity index (χ4n) is 2.44.